The number of nitriles is 1. The third kappa shape index (κ3) is 7.78. The van der Waals surface area contributed by atoms with Crippen LogP contribution in [0.4, 0.5) is 28.0 Å². The first-order valence-electron chi connectivity index (χ1n) is 13.1. The molecule has 44 heavy (non-hydrogen) atoms. The number of hydrogen-bond donors (Lipinski definition) is 3. The maximum atomic E-state index is 14.8. The number of ether oxygens (including phenoxy) is 1. The van der Waals surface area contributed by atoms with Crippen LogP contribution in [0, 0.1) is 17.1 Å². The largest absolute Gasteiger partial charge is 0.445 e. The van der Waals surface area contributed by atoms with Crippen molar-refractivity contribution in [3.05, 3.63) is 112 Å². The minimum Gasteiger partial charge on any atom is -0.445 e. The SMILES string of the molecule is CC(C)(C)NC(=O)OCc1cccc(-n2nc(C(F)(F)F)cc2C(=O)Nc2cc(C(O)c3cccc(C#N)c3)ccc2F)c1. The van der Waals surface area contributed by atoms with Gasteiger partial charge in [-0.25, -0.2) is 13.9 Å². The van der Waals surface area contributed by atoms with Crippen molar-refractivity contribution < 1.29 is 37.0 Å². The Morgan fingerprint density at radius 1 is 1.02 bits per heavy atom. The van der Waals surface area contributed by atoms with Gasteiger partial charge in [-0.3, -0.25) is 4.79 Å². The molecule has 228 valence electrons. The second-order valence-electron chi connectivity index (χ2n) is 10.8. The van der Waals surface area contributed by atoms with Crippen LogP contribution in [0.1, 0.15) is 65.3 Å². The van der Waals surface area contributed by atoms with Gasteiger partial charge >= 0.3 is 12.3 Å². The molecule has 4 rings (SSSR count). The first-order valence-corrected chi connectivity index (χ1v) is 13.1. The Morgan fingerprint density at radius 3 is 2.41 bits per heavy atom. The van der Waals surface area contributed by atoms with Gasteiger partial charge in [0, 0.05) is 11.6 Å². The van der Waals surface area contributed by atoms with E-state index in [1.807, 2.05) is 6.07 Å². The molecule has 0 aliphatic rings. The number of hydrogen-bond acceptors (Lipinski definition) is 6. The number of amides is 2. The average Bonchev–Trinajstić information content (AvgIpc) is 3.43. The van der Waals surface area contributed by atoms with E-state index in [0.29, 0.717) is 17.2 Å². The monoisotopic (exact) mass is 609 g/mol. The Kier molecular flexibility index (Phi) is 9.05. The first-order chi connectivity index (χ1) is 20.6. The van der Waals surface area contributed by atoms with E-state index < -0.39 is 52.7 Å². The van der Waals surface area contributed by atoms with Gasteiger partial charge in [-0.05, 0) is 73.9 Å². The minimum absolute atomic E-state index is 0.0463. The third-order valence-electron chi connectivity index (χ3n) is 6.12. The van der Waals surface area contributed by atoms with Gasteiger partial charge in [0.1, 0.15) is 24.2 Å². The number of benzene rings is 3. The summed E-state index contributed by atoms with van der Waals surface area (Å²) in [5, 5.41) is 28.4. The number of nitrogens with zero attached hydrogens (tertiary/aromatic N) is 3. The Labute approximate surface area is 249 Å². The summed E-state index contributed by atoms with van der Waals surface area (Å²) in [6.07, 6.45) is -6.90. The molecule has 0 aliphatic carbocycles. The number of aliphatic hydroxyl groups is 1. The molecule has 1 aromatic heterocycles. The summed E-state index contributed by atoms with van der Waals surface area (Å²) in [6, 6.07) is 17.8. The second kappa shape index (κ2) is 12.6. The summed E-state index contributed by atoms with van der Waals surface area (Å²) < 4.78 is 61.7. The molecule has 0 bridgehead atoms. The molecule has 0 aliphatic heterocycles. The molecule has 13 heteroatoms. The maximum absolute atomic E-state index is 14.8. The average molecular weight is 610 g/mol. The zero-order valence-corrected chi connectivity index (χ0v) is 23.7. The molecule has 1 heterocycles. The van der Waals surface area contributed by atoms with Crippen LogP contribution >= 0.6 is 0 Å². The predicted octanol–water partition coefficient (Wildman–Crippen LogP) is 6.26. The van der Waals surface area contributed by atoms with E-state index in [1.54, 1.807) is 39.0 Å². The molecular weight excluding hydrogens is 582 g/mol. The van der Waals surface area contributed by atoms with Gasteiger partial charge in [-0.15, -0.1) is 0 Å². The molecule has 1 atom stereocenters. The first kappa shape index (κ1) is 31.7. The lowest BCUT2D eigenvalue weighted by molar-refractivity contribution is -0.141. The highest BCUT2D eigenvalue weighted by atomic mass is 19.4. The predicted molar refractivity (Wildman–Crippen MR) is 151 cm³/mol. The fourth-order valence-corrected chi connectivity index (χ4v) is 4.11. The fourth-order valence-electron chi connectivity index (χ4n) is 4.11. The number of aromatic nitrogens is 2. The lowest BCUT2D eigenvalue weighted by Crippen LogP contribution is -2.40. The van der Waals surface area contributed by atoms with Crippen LogP contribution < -0.4 is 10.6 Å². The summed E-state index contributed by atoms with van der Waals surface area (Å²) in [4.78, 5) is 25.3. The highest BCUT2D eigenvalue weighted by Crippen LogP contribution is 2.31. The van der Waals surface area contributed by atoms with E-state index in [1.165, 1.54) is 36.4 Å². The van der Waals surface area contributed by atoms with E-state index in [0.717, 1.165) is 16.8 Å². The molecule has 0 saturated heterocycles. The van der Waals surface area contributed by atoms with Crippen molar-refractivity contribution in [1.82, 2.24) is 15.1 Å². The molecular formula is C31H27F4N5O4. The van der Waals surface area contributed by atoms with Gasteiger partial charge in [0.2, 0.25) is 0 Å². The summed E-state index contributed by atoms with van der Waals surface area (Å²) >= 11 is 0. The Morgan fingerprint density at radius 2 is 1.73 bits per heavy atom. The van der Waals surface area contributed by atoms with Gasteiger partial charge < -0.3 is 20.5 Å². The van der Waals surface area contributed by atoms with Gasteiger partial charge in [-0.2, -0.15) is 23.5 Å². The van der Waals surface area contributed by atoms with E-state index in [9.17, 15) is 32.3 Å². The molecule has 2 amide bonds. The zero-order chi connectivity index (χ0) is 32.2. The van der Waals surface area contributed by atoms with Crippen LogP contribution in [-0.4, -0.2) is 32.4 Å². The Hall–Kier alpha value is -5.22. The lowest BCUT2D eigenvalue weighted by atomic mass is 9.99. The van der Waals surface area contributed by atoms with Crippen molar-refractivity contribution in [2.45, 2.75) is 45.2 Å². The highest BCUT2D eigenvalue weighted by molar-refractivity contribution is 6.03. The van der Waals surface area contributed by atoms with Crippen LogP contribution in [0.25, 0.3) is 5.69 Å². The molecule has 0 spiro atoms. The zero-order valence-electron chi connectivity index (χ0n) is 23.7. The van der Waals surface area contributed by atoms with Crippen molar-refractivity contribution in [1.29, 1.82) is 5.26 Å². The number of rotatable bonds is 7. The molecule has 0 radical (unpaired) electrons. The number of anilines is 1. The number of alkyl carbamates (subject to hydrolysis) is 1. The van der Waals surface area contributed by atoms with E-state index >= 15 is 0 Å². The topological polar surface area (TPSA) is 129 Å². The van der Waals surface area contributed by atoms with Gasteiger partial charge in [0.25, 0.3) is 5.91 Å². The smallest absolute Gasteiger partial charge is 0.435 e. The number of halogens is 4. The van der Waals surface area contributed by atoms with Gasteiger partial charge in [0.15, 0.2) is 5.69 Å². The van der Waals surface area contributed by atoms with Gasteiger partial charge in [-0.1, -0.05) is 30.3 Å². The molecule has 4 aromatic rings. The number of carbonyl (C=O) groups excluding carboxylic acids is 2. The van der Waals surface area contributed by atoms with Crippen LogP contribution in [0.2, 0.25) is 0 Å². The number of carbonyl (C=O) groups is 2. The number of nitrogens with one attached hydrogen (secondary N) is 2. The number of aliphatic hydroxyl groups excluding tert-OH is 1. The molecule has 3 N–H and O–H groups in total. The van der Waals surface area contributed by atoms with Crippen LogP contribution in [-0.2, 0) is 17.5 Å². The fraction of sp³-hybridized carbons (Fsp3) is 0.226. The van der Waals surface area contributed by atoms with Crippen LogP contribution in [0.15, 0.2) is 72.8 Å². The molecule has 9 nitrogen and oxygen atoms in total. The third-order valence-corrected chi connectivity index (χ3v) is 6.12. The van der Waals surface area contributed by atoms with E-state index in [4.69, 9.17) is 10.00 Å². The van der Waals surface area contributed by atoms with Crippen molar-refractivity contribution >= 4 is 17.7 Å². The summed E-state index contributed by atoms with van der Waals surface area (Å²) in [7, 11) is 0. The van der Waals surface area contributed by atoms with Crippen molar-refractivity contribution in [2.24, 2.45) is 0 Å². The Balaban J connectivity index is 1.63. The highest BCUT2D eigenvalue weighted by Gasteiger charge is 2.36. The summed E-state index contributed by atoms with van der Waals surface area (Å²) in [5.41, 5.74) is -1.66. The lowest BCUT2D eigenvalue weighted by Gasteiger charge is -2.20. The minimum atomic E-state index is -4.90. The quantitative estimate of drug-likeness (QED) is 0.212. The molecule has 1 unspecified atom stereocenters. The van der Waals surface area contributed by atoms with Crippen LogP contribution in [0.3, 0.4) is 0 Å². The molecule has 3 aromatic carbocycles. The normalized spacial score (nSPS) is 12.2. The summed E-state index contributed by atoms with van der Waals surface area (Å²) in [5.74, 6) is -2.02. The van der Waals surface area contributed by atoms with Gasteiger partial charge in [0.05, 0.1) is 23.0 Å². The standard InChI is InChI=1S/C31H27F4N5O4/c1-30(2,3)38-29(43)44-17-19-7-5-9-22(13-19)40-25(15-26(39-40)31(33,34)35)28(42)37-24-14-21(10-11-23(24)32)27(41)20-8-4-6-18(12-20)16-36/h4-15,27,41H,17H2,1-3H3,(H,37,42)(H,38,43). The van der Waals surface area contributed by atoms with Crippen molar-refractivity contribution in [3.8, 4) is 11.8 Å². The Bertz CT molecular complexity index is 1740. The van der Waals surface area contributed by atoms with Crippen molar-refractivity contribution in [2.75, 3.05) is 5.32 Å². The summed E-state index contributed by atoms with van der Waals surface area (Å²) in [6.45, 7) is 5.06. The van der Waals surface area contributed by atoms with Crippen LogP contribution in [0.5, 0.6) is 0 Å². The molecule has 0 saturated carbocycles. The number of alkyl halides is 3. The van der Waals surface area contributed by atoms with Crippen molar-refractivity contribution in [3.63, 3.8) is 0 Å². The maximum Gasteiger partial charge on any atom is 0.435 e. The van der Waals surface area contributed by atoms with E-state index in [-0.39, 0.29) is 23.4 Å². The second-order valence-corrected chi connectivity index (χ2v) is 10.8. The molecule has 0 fully saturated rings. The van der Waals surface area contributed by atoms with E-state index in [2.05, 4.69) is 15.7 Å².